The third-order valence-electron chi connectivity index (χ3n) is 2.08. The van der Waals surface area contributed by atoms with E-state index in [1.165, 1.54) is 26.0 Å². The van der Waals surface area contributed by atoms with E-state index in [1.807, 2.05) is 0 Å². The van der Waals surface area contributed by atoms with Crippen molar-refractivity contribution < 1.29 is 29.5 Å². The van der Waals surface area contributed by atoms with Crippen molar-refractivity contribution in [3.63, 3.8) is 0 Å². The Bertz CT molecular complexity index is 457. The lowest BCUT2D eigenvalue weighted by atomic mass is 10.1. The van der Waals surface area contributed by atoms with Gasteiger partial charge in [0, 0.05) is 19.1 Å². The molecule has 0 saturated carbocycles. The normalized spacial score (nSPS) is 10.3. The largest absolute Gasteiger partial charge is 0.504 e. The fourth-order valence-corrected chi connectivity index (χ4v) is 1.34. The highest BCUT2D eigenvalue weighted by Gasteiger charge is 2.13. The standard InChI is InChI=1S/C12H15NO6/c1-8(14)18-13(19-9(2)15)6-5-10-3-4-11(16)12(17)7-10/h3-4,7,16-17H,5-6H2,1-2H3. The Labute approximate surface area is 109 Å². The van der Waals surface area contributed by atoms with E-state index in [2.05, 4.69) is 9.68 Å². The van der Waals surface area contributed by atoms with Gasteiger partial charge in [-0.2, -0.15) is 0 Å². The number of hydrogen-bond acceptors (Lipinski definition) is 7. The summed E-state index contributed by atoms with van der Waals surface area (Å²) in [5.41, 5.74) is 0.680. The Balaban J connectivity index is 2.61. The topological polar surface area (TPSA) is 96.3 Å². The number of phenolic OH excluding ortho intramolecular Hbond substituents is 2. The summed E-state index contributed by atoms with van der Waals surface area (Å²) in [6.07, 6.45) is 0.342. The van der Waals surface area contributed by atoms with Gasteiger partial charge in [-0.15, -0.1) is 0 Å². The highest BCUT2D eigenvalue weighted by molar-refractivity contribution is 5.67. The number of benzene rings is 1. The average Bonchev–Trinajstić information content (AvgIpc) is 2.29. The molecule has 0 radical (unpaired) electrons. The SMILES string of the molecule is CC(=O)ON(CCc1ccc(O)c(O)c1)OC(C)=O. The molecule has 7 nitrogen and oxygen atoms in total. The molecule has 2 N–H and O–H groups in total. The number of phenols is 2. The van der Waals surface area contributed by atoms with Crippen molar-refractivity contribution in [3.8, 4) is 11.5 Å². The van der Waals surface area contributed by atoms with E-state index < -0.39 is 11.9 Å². The molecular formula is C12H15NO6. The van der Waals surface area contributed by atoms with E-state index in [1.54, 1.807) is 6.07 Å². The van der Waals surface area contributed by atoms with E-state index in [4.69, 9.17) is 5.11 Å². The number of carbonyl (C=O) groups excluding carboxylic acids is 2. The fraction of sp³-hybridized carbons (Fsp3) is 0.333. The van der Waals surface area contributed by atoms with Crippen LogP contribution in [-0.2, 0) is 25.7 Å². The van der Waals surface area contributed by atoms with Crippen LogP contribution >= 0.6 is 0 Å². The molecule has 1 aromatic rings. The second-order valence-corrected chi connectivity index (χ2v) is 3.80. The van der Waals surface area contributed by atoms with Gasteiger partial charge in [0.25, 0.3) is 0 Å². The maximum atomic E-state index is 10.8. The van der Waals surface area contributed by atoms with Crippen molar-refractivity contribution in [2.75, 3.05) is 6.54 Å². The summed E-state index contributed by atoms with van der Waals surface area (Å²) in [5.74, 6) is -1.70. The van der Waals surface area contributed by atoms with Gasteiger partial charge in [-0.25, -0.2) is 0 Å². The predicted molar refractivity (Wildman–Crippen MR) is 63.7 cm³/mol. The Kier molecular flexibility index (Phi) is 5.13. The summed E-state index contributed by atoms with van der Waals surface area (Å²) >= 11 is 0. The Hall–Kier alpha value is -2.28. The number of rotatable bonds is 5. The maximum Gasteiger partial charge on any atom is 0.326 e. The molecule has 0 heterocycles. The first kappa shape index (κ1) is 14.8. The van der Waals surface area contributed by atoms with Gasteiger partial charge in [0.15, 0.2) is 11.5 Å². The highest BCUT2D eigenvalue weighted by atomic mass is 17.0. The quantitative estimate of drug-likeness (QED) is 0.605. The molecule has 7 heteroatoms. The Morgan fingerprint density at radius 3 is 2.16 bits per heavy atom. The van der Waals surface area contributed by atoms with Crippen LogP contribution in [0, 0.1) is 0 Å². The van der Waals surface area contributed by atoms with Gasteiger partial charge in [0.05, 0.1) is 6.54 Å². The Morgan fingerprint density at radius 1 is 1.11 bits per heavy atom. The number of carbonyl (C=O) groups is 2. The zero-order valence-electron chi connectivity index (χ0n) is 10.6. The molecule has 1 aromatic carbocycles. The summed E-state index contributed by atoms with van der Waals surface area (Å²) in [6, 6.07) is 4.30. The van der Waals surface area contributed by atoms with Gasteiger partial charge in [-0.3, -0.25) is 9.59 Å². The molecule has 104 valence electrons. The van der Waals surface area contributed by atoms with Crippen molar-refractivity contribution in [1.82, 2.24) is 5.23 Å². The second kappa shape index (κ2) is 6.60. The highest BCUT2D eigenvalue weighted by Crippen LogP contribution is 2.25. The average molecular weight is 269 g/mol. The molecule has 0 unspecified atom stereocenters. The molecular weight excluding hydrogens is 254 g/mol. The molecule has 0 amide bonds. The number of hydroxylamine groups is 2. The zero-order chi connectivity index (χ0) is 14.4. The first-order valence-corrected chi connectivity index (χ1v) is 5.54. The van der Waals surface area contributed by atoms with Crippen molar-refractivity contribution in [2.24, 2.45) is 0 Å². The lowest BCUT2D eigenvalue weighted by molar-refractivity contribution is -0.322. The monoisotopic (exact) mass is 269 g/mol. The summed E-state index contributed by atoms with van der Waals surface area (Å²) < 4.78 is 0. The molecule has 0 aromatic heterocycles. The van der Waals surface area contributed by atoms with E-state index >= 15 is 0 Å². The third-order valence-corrected chi connectivity index (χ3v) is 2.08. The van der Waals surface area contributed by atoms with Crippen LogP contribution in [0.4, 0.5) is 0 Å². The second-order valence-electron chi connectivity index (χ2n) is 3.80. The van der Waals surface area contributed by atoms with Crippen LogP contribution in [-0.4, -0.2) is 33.9 Å². The van der Waals surface area contributed by atoms with E-state index in [0.29, 0.717) is 12.0 Å². The lowest BCUT2D eigenvalue weighted by Gasteiger charge is -2.17. The van der Waals surface area contributed by atoms with Crippen molar-refractivity contribution in [2.45, 2.75) is 20.3 Å². The fourth-order valence-electron chi connectivity index (χ4n) is 1.34. The van der Waals surface area contributed by atoms with Crippen LogP contribution in [0.15, 0.2) is 18.2 Å². The van der Waals surface area contributed by atoms with Gasteiger partial charge < -0.3 is 19.9 Å². The van der Waals surface area contributed by atoms with Crippen LogP contribution in [0.2, 0.25) is 0 Å². The van der Waals surface area contributed by atoms with Crippen LogP contribution in [0.25, 0.3) is 0 Å². The molecule has 0 fully saturated rings. The summed E-state index contributed by atoms with van der Waals surface area (Å²) in [7, 11) is 0. The van der Waals surface area contributed by atoms with Gasteiger partial charge in [0.2, 0.25) is 0 Å². The zero-order valence-corrected chi connectivity index (χ0v) is 10.6. The minimum atomic E-state index is -0.616. The molecule has 0 atom stereocenters. The smallest absolute Gasteiger partial charge is 0.326 e. The maximum absolute atomic E-state index is 10.8. The summed E-state index contributed by atoms with van der Waals surface area (Å²) in [6.45, 7) is 2.47. The minimum Gasteiger partial charge on any atom is -0.504 e. The lowest BCUT2D eigenvalue weighted by Crippen LogP contribution is -2.30. The third kappa shape index (κ3) is 5.26. The van der Waals surface area contributed by atoms with E-state index in [9.17, 15) is 14.7 Å². The van der Waals surface area contributed by atoms with Crippen molar-refractivity contribution in [3.05, 3.63) is 23.8 Å². The van der Waals surface area contributed by atoms with Crippen molar-refractivity contribution in [1.29, 1.82) is 0 Å². The minimum absolute atomic E-state index is 0.101. The van der Waals surface area contributed by atoms with E-state index in [-0.39, 0.29) is 18.0 Å². The van der Waals surface area contributed by atoms with Crippen molar-refractivity contribution >= 4 is 11.9 Å². The van der Waals surface area contributed by atoms with Crippen LogP contribution in [0.5, 0.6) is 11.5 Å². The molecule has 0 bridgehead atoms. The predicted octanol–water partition coefficient (Wildman–Crippen LogP) is 0.898. The molecule has 0 aliphatic carbocycles. The van der Waals surface area contributed by atoms with Crippen LogP contribution in [0.1, 0.15) is 19.4 Å². The van der Waals surface area contributed by atoms with E-state index in [0.717, 1.165) is 5.23 Å². The number of nitrogens with zero attached hydrogens (tertiary/aromatic N) is 1. The summed E-state index contributed by atoms with van der Waals surface area (Å²) in [5, 5.41) is 19.3. The van der Waals surface area contributed by atoms with Crippen LogP contribution < -0.4 is 0 Å². The molecule has 0 saturated heterocycles. The molecule has 0 aliphatic heterocycles. The van der Waals surface area contributed by atoms with Crippen LogP contribution in [0.3, 0.4) is 0 Å². The molecule has 19 heavy (non-hydrogen) atoms. The number of aromatic hydroxyl groups is 2. The summed E-state index contributed by atoms with van der Waals surface area (Å²) in [4.78, 5) is 31.0. The first-order valence-electron chi connectivity index (χ1n) is 5.54. The van der Waals surface area contributed by atoms with Gasteiger partial charge >= 0.3 is 11.9 Å². The molecule has 1 rings (SSSR count). The Morgan fingerprint density at radius 2 is 1.68 bits per heavy atom. The van der Waals surface area contributed by atoms with Gasteiger partial charge in [-0.05, 0) is 24.1 Å². The van der Waals surface area contributed by atoms with Gasteiger partial charge in [0.1, 0.15) is 0 Å². The van der Waals surface area contributed by atoms with Gasteiger partial charge in [-0.1, -0.05) is 6.07 Å². The number of hydrogen-bond donors (Lipinski definition) is 2. The molecule has 0 spiro atoms. The molecule has 0 aliphatic rings. The first-order chi connectivity index (χ1) is 8.88.